The Kier molecular flexibility index (Phi) is 7.23. The minimum Gasteiger partial charge on any atom is -0.491 e. The van der Waals surface area contributed by atoms with E-state index in [4.69, 9.17) is 9.47 Å². The van der Waals surface area contributed by atoms with Gasteiger partial charge in [-0.15, -0.1) is 0 Å². The molecule has 0 bridgehead atoms. The molecule has 0 saturated carbocycles. The van der Waals surface area contributed by atoms with Crippen LogP contribution in [-0.2, 0) is 16.0 Å². The molecule has 0 aliphatic carbocycles. The van der Waals surface area contributed by atoms with Crippen LogP contribution in [0.15, 0.2) is 36.8 Å². The third-order valence-corrected chi connectivity index (χ3v) is 6.54. The maximum Gasteiger partial charge on any atom is 0.257 e. The molecule has 1 aromatic heterocycles. The van der Waals surface area contributed by atoms with Gasteiger partial charge in [0.05, 0.1) is 31.0 Å². The molecule has 0 N–H and O–H groups in total. The van der Waals surface area contributed by atoms with E-state index in [0.29, 0.717) is 50.5 Å². The Morgan fingerprint density at radius 3 is 2.85 bits per heavy atom. The number of amides is 2. The van der Waals surface area contributed by atoms with Crippen LogP contribution in [0.4, 0.5) is 0 Å². The number of morpholine rings is 1. The second-order valence-electron chi connectivity index (χ2n) is 8.64. The number of fused-ring (bicyclic) bond motifs is 1. The summed E-state index contributed by atoms with van der Waals surface area (Å²) in [5, 5.41) is 0. The topological polar surface area (TPSA) is 84.9 Å². The Morgan fingerprint density at radius 2 is 2.03 bits per heavy atom. The molecule has 1 fully saturated rings. The number of ether oxygens (including phenoxy) is 2. The molecule has 1 unspecified atom stereocenters. The van der Waals surface area contributed by atoms with E-state index in [1.807, 2.05) is 25.1 Å². The Hall–Kier alpha value is -3.00. The fourth-order valence-electron chi connectivity index (χ4n) is 4.65. The zero-order valence-corrected chi connectivity index (χ0v) is 19.5. The van der Waals surface area contributed by atoms with E-state index in [9.17, 15) is 9.59 Å². The Morgan fingerprint density at radius 1 is 1.18 bits per heavy atom. The van der Waals surface area contributed by atoms with Crippen molar-refractivity contribution in [2.45, 2.75) is 45.1 Å². The fourth-order valence-corrected chi connectivity index (χ4v) is 4.65. The lowest BCUT2D eigenvalue weighted by molar-refractivity contribution is -0.170. The molecule has 4 rings (SSSR count). The number of likely N-dealkylation sites (N-methyl/N-ethyl adjacent to an activating group) is 1. The van der Waals surface area contributed by atoms with Crippen molar-refractivity contribution in [3.63, 3.8) is 0 Å². The maximum absolute atomic E-state index is 13.8. The molecule has 2 amide bonds. The number of aromatic nitrogens is 2. The predicted octanol–water partition coefficient (Wildman–Crippen LogP) is 2.65. The van der Waals surface area contributed by atoms with Gasteiger partial charge in [0.1, 0.15) is 18.7 Å². The summed E-state index contributed by atoms with van der Waals surface area (Å²) < 4.78 is 12.2. The monoisotopic (exact) mass is 452 g/mol. The molecule has 8 heteroatoms. The van der Waals surface area contributed by atoms with Gasteiger partial charge in [0.15, 0.2) is 5.60 Å². The van der Waals surface area contributed by atoms with Gasteiger partial charge in [0, 0.05) is 19.3 Å². The molecular formula is C25H32N4O4. The molecule has 2 aliphatic heterocycles. The molecule has 176 valence electrons. The van der Waals surface area contributed by atoms with Gasteiger partial charge in [-0.1, -0.05) is 18.2 Å². The van der Waals surface area contributed by atoms with E-state index in [0.717, 1.165) is 25.0 Å². The minimum absolute atomic E-state index is 0.0685. The van der Waals surface area contributed by atoms with Crippen LogP contribution in [0.3, 0.4) is 0 Å². The fraction of sp³-hybridized carbons (Fsp3) is 0.520. The highest BCUT2D eigenvalue weighted by Gasteiger charge is 2.46. The van der Waals surface area contributed by atoms with Crippen molar-refractivity contribution in [2.75, 3.05) is 39.4 Å². The van der Waals surface area contributed by atoms with Crippen LogP contribution in [0, 0.1) is 6.92 Å². The normalized spacial score (nSPS) is 22.2. The molecule has 1 saturated heterocycles. The van der Waals surface area contributed by atoms with E-state index in [2.05, 4.69) is 16.0 Å². The van der Waals surface area contributed by atoms with Crippen molar-refractivity contribution in [3.05, 3.63) is 53.6 Å². The standard InChI is InChI=1S/C25H32N4O4/c1-3-28-12-14-32-22-10-5-4-8-20(22)9-6-7-11-25(24(28)31)17-29(13-15-33-25)23(30)21-16-26-18-27-19(21)2/h4-5,8,10,16,18H,3,6-7,9,11-15,17H2,1-2H3. The number of rotatable bonds is 2. The first-order valence-electron chi connectivity index (χ1n) is 11.7. The molecule has 8 nitrogen and oxygen atoms in total. The van der Waals surface area contributed by atoms with Crippen molar-refractivity contribution >= 4 is 11.8 Å². The Balaban J connectivity index is 1.58. The predicted molar refractivity (Wildman–Crippen MR) is 123 cm³/mol. The van der Waals surface area contributed by atoms with Crippen LogP contribution in [0.1, 0.15) is 47.8 Å². The number of carbonyl (C=O) groups excluding carboxylic acids is 2. The molecule has 1 aromatic carbocycles. The molecule has 0 radical (unpaired) electrons. The van der Waals surface area contributed by atoms with E-state index < -0.39 is 5.60 Å². The van der Waals surface area contributed by atoms with Gasteiger partial charge < -0.3 is 19.3 Å². The summed E-state index contributed by atoms with van der Waals surface area (Å²) in [5.41, 5.74) is 1.23. The van der Waals surface area contributed by atoms with Gasteiger partial charge in [-0.25, -0.2) is 9.97 Å². The first kappa shape index (κ1) is 23.2. The van der Waals surface area contributed by atoms with Crippen LogP contribution in [0.2, 0.25) is 0 Å². The van der Waals surface area contributed by atoms with Gasteiger partial charge >= 0.3 is 0 Å². The molecule has 33 heavy (non-hydrogen) atoms. The Bertz CT molecular complexity index is 998. The van der Waals surface area contributed by atoms with Crippen LogP contribution >= 0.6 is 0 Å². The average molecular weight is 453 g/mol. The summed E-state index contributed by atoms with van der Waals surface area (Å²) >= 11 is 0. The summed E-state index contributed by atoms with van der Waals surface area (Å²) in [6, 6.07) is 8.09. The summed E-state index contributed by atoms with van der Waals surface area (Å²) in [6.45, 7) is 6.17. The summed E-state index contributed by atoms with van der Waals surface area (Å²) in [7, 11) is 0. The van der Waals surface area contributed by atoms with Crippen molar-refractivity contribution in [1.29, 1.82) is 0 Å². The molecule has 1 spiro atoms. The second kappa shape index (κ2) is 10.3. The summed E-state index contributed by atoms with van der Waals surface area (Å²) in [6.07, 6.45) is 6.14. The number of nitrogens with zero attached hydrogens (tertiary/aromatic N) is 4. The van der Waals surface area contributed by atoms with E-state index in [-0.39, 0.29) is 18.4 Å². The number of hydrogen-bond donors (Lipinski definition) is 0. The number of hydrogen-bond acceptors (Lipinski definition) is 6. The number of para-hydroxylation sites is 1. The van der Waals surface area contributed by atoms with Crippen molar-refractivity contribution < 1.29 is 19.1 Å². The van der Waals surface area contributed by atoms with Gasteiger partial charge in [-0.2, -0.15) is 0 Å². The van der Waals surface area contributed by atoms with E-state index in [1.165, 1.54) is 11.9 Å². The molecule has 2 aromatic rings. The highest BCUT2D eigenvalue weighted by Crippen LogP contribution is 2.30. The zero-order chi connectivity index (χ0) is 23.3. The molecule has 2 aliphatic rings. The van der Waals surface area contributed by atoms with Gasteiger partial charge in [0.2, 0.25) is 0 Å². The number of benzene rings is 1. The summed E-state index contributed by atoms with van der Waals surface area (Å²) in [5.74, 6) is 0.665. The lowest BCUT2D eigenvalue weighted by Gasteiger charge is -2.44. The third-order valence-electron chi connectivity index (χ3n) is 6.54. The number of carbonyl (C=O) groups is 2. The lowest BCUT2D eigenvalue weighted by atomic mass is 9.90. The average Bonchev–Trinajstić information content (AvgIpc) is 2.84. The first-order valence-corrected chi connectivity index (χ1v) is 11.7. The quantitative estimate of drug-likeness (QED) is 0.697. The van der Waals surface area contributed by atoms with Gasteiger partial charge in [0.25, 0.3) is 11.8 Å². The number of aryl methyl sites for hydroxylation is 2. The van der Waals surface area contributed by atoms with Crippen LogP contribution in [0.25, 0.3) is 0 Å². The van der Waals surface area contributed by atoms with Gasteiger partial charge in [-0.3, -0.25) is 9.59 Å². The van der Waals surface area contributed by atoms with Crippen LogP contribution < -0.4 is 4.74 Å². The smallest absolute Gasteiger partial charge is 0.257 e. The second-order valence-corrected chi connectivity index (χ2v) is 8.64. The van der Waals surface area contributed by atoms with Crippen molar-refractivity contribution in [2.24, 2.45) is 0 Å². The molecule has 1 atom stereocenters. The van der Waals surface area contributed by atoms with Crippen molar-refractivity contribution in [1.82, 2.24) is 19.8 Å². The van der Waals surface area contributed by atoms with Crippen LogP contribution in [0.5, 0.6) is 5.75 Å². The summed E-state index contributed by atoms with van der Waals surface area (Å²) in [4.78, 5) is 38.7. The molecule has 3 heterocycles. The Labute approximate surface area is 194 Å². The van der Waals surface area contributed by atoms with Crippen molar-refractivity contribution in [3.8, 4) is 5.75 Å². The highest BCUT2D eigenvalue weighted by atomic mass is 16.5. The van der Waals surface area contributed by atoms with E-state index >= 15 is 0 Å². The highest BCUT2D eigenvalue weighted by molar-refractivity contribution is 5.96. The molecular weight excluding hydrogens is 420 g/mol. The SMILES string of the molecule is CCN1CCOc2ccccc2CCCCC2(CN(C(=O)c3cncnc3C)CCO2)C1=O. The zero-order valence-electron chi connectivity index (χ0n) is 19.5. The van der Waals surface area contributed by atoms with Crippen LogP contribution in [-0.4, -0.2) is 76.6 Å². The van der Waals surface area contributed by atoms with Gasteiger partial charge in [-0.05, 0) is 51.2 Å². The third kappa shape index (κ3) is 5.00. The first-order chi connectivity index (χ1) is 16.0. The largest absolute Gasteiger partial charge is 0.491 e. The maximum atomic E-state index is 13.8. The van der Waals surface area contributed by atoms with E-state index in [1.54, 1.807) is 22.9 Å². The lowest BCUT2D eigenvalue weighted by Crippen LogP contribution is -2.62. The minimum atomic E-state index is -1.05.